The average molecular weight is 353 g/mol. The van der Waals surface area contributed by atoms with Crippen molar-refractivity contribution in [2.24, 2.45) is 0 Å². The van der Waals surface area contributed by atoms with E-state index in [1.165, 1.54) is 24.0 Å². The summed E-state index contributed by atoms with van der Waals surface area (Å²) in [6, 6.07) is 13.8. The third-order valence-electron chi connectivity index (χ3n) is 4.98. The quantitative estimate of drug-likeness (QED) is 0.811. The van der Waals surface area contributed by atoms with Gasteiger partial charge in [-0.2, -0.15) is 0 Å². The molecule has 138 valence electrons. The van der Waals surface area contributed by atoms with Gasteiger partial charge in [0.05, 0.1) is 13.2 Å². The van der Waals surface area contributed by atoms with Crippen molar-refractivity contribution in [2.75, 3.05) is 7.11 Å². The van der Waals surface area contributed by atoms with Crippen molar-refractivity contribution < 1.29 is 14.3 Å². The Balaban J connectivity index is 1.62. The number of aryl methyl sites for hydroxylation is 2. The fraction of sp³-hybridized carbons (Fsp3) is 0.409. The molecule has 0 aromatic heterocycles. The molecule has 1 aliphatic rings. The summed E-state index contributed by atoms with van der Waals surface area (Å²) in [5.41, 5.74) is 4.02. The highest BCUT2D eigenvalue weighted by Gasteiger charge is 2.21. The first-order chi connectivity index (χ1) is 12.6. The first-order valence-corrected chi connectivity index (χ1v) is 9.33. The van der Waals surface area contributed by atoms with Gasteiger partial charge in [0, 0.05) is 0 Å². The molecule has 2 atom stereocenters. The van der Waals surface area contributed by atoms with Crippen LogP contribution in [0.1, 0.15) is 49.4 Å². The predicted octanol–water partition coefficient (Wildman–Crippen LogP) is 4.22. The van der Waals surface area contributed by atoms with Crippen LogP contribution in [0.4, 0.5) is 0 Å². The average Bonchev–Trinajstić information content (AvgIpc) is 3.14. The van der Waals surface area contributed by atoms with E-state index in [1.54, 1.807) is 7.11 Å². The second-order valence-electron chi connectivity index (χ2n) is 6.80. The smallest absolute Gasteiger partial charge is 0.261 e. The summed E-state index contributed by atoms with van der Waals surface area (Å²) >= 11 is 0. The minimum Gasteiger partial charge on any atom is -0.497 e. The zero-order valence-corrected chi connectivity index (χ0v) is 15.7. The number of amides is 1. The number of fused-ring (bicyclic) bond motifs is 1. The molecule has 0 saturated carbocycles. The van der Waals surface area contributed by atoms with Gasteiger partial charge in [0.25, 0.3) is 5.91 Å². The number of hydrogen-bond donors (Lipinski definition) is 1. The predicted molar refractivity (Wildman–Crippen MR) is 103 cm³/mol. The molecule has 3 rings (SSSR count). The van der Waals surface area contributed by atoms with Crippen molar-refractivity contribution in [3.63, 3.8) is 0 Å². The number of hydrogen-bond acceptors (Lipinski definition) is 3. The van der Waals surface area contributed by atoms with Gasteiger partial charge in [-0.1, -0.05) is 25.1 Å². The maximum atomic E-state index is 12.7. The van der Waals surface area contributed by atoms with Gasteiger partial charge in [-0.3, -0.25) is 4.79 Å². The number of rotatable bonds is 7. The molecule has 4 heteroatoms. The topological polar surface area (TPSA) is 47.6 Å². The van der Waals surface area contributed by atoms with Crippen LogP contribution in [0.2, 0.25) is 0 Å². The molecular formula is C22H27NO3. The molecule has 0 spiro atoms. The molecule has 0 radical (unpaired) electrons. The monoisotopic (exact) mass is 353 g/mol. The largest absolute Gasteiger partial charge is 0.497 e. The Hall–Kier alpha value is -2.49. The Bertz CT molecular complexity index is 754. The van der Waals surface area contributed by atoms with Crippen LogP contribution in [0.25, 0.3) is 0 Å². The maximum absolute atomic E-state index is 12.7. The lowest BCUT2D eigenvalue weighted by Gasteiger charge is -2.21. The summed E-state index contributed by atoms with van der Waals surface area (Å²) in [5, 5.41) is 3.09. The Labute approximate surface area is 155 Å². The van der Waals surface area contributed by atoms with Crippen molar-refractivity contribution in [3.05, 3.63) is 59.2 Å². The Morgan fingerprint density at radius 2 is 1.77 bits per heavy atom. The number of ether oxygens (including phenoxy) is 2. The number of carbonyl (C=O) groups excluding carboxylic acids is 1. The minimum absolute atomic E-state index is 0.0399. The van der Waals surface area contributed by atoms with Gasteiger partial charge < -0.3 is 14.8 Å². The fourth-order valence-corrected chi connectivity index (χ4v) is 3.39. The van der Waals surface area contributed by atoms with Crippen molar-refractivity contribution in [3.8, 4) is 11.5 Å². The van der Waals surface area contributed by atoms with Gasteiger partial charge in [-0.15, -0.1) is 0 Å². The van der Waals surface area contributed by atoms with Crippen molar-refractivity contribution in [1.29, 1.82) is 0 Å². The van der Waals surface area contributed by atoms with Crippen LogP contribution in [-0.2, 0) is 17.6 Å². The minimum atomic E-state index is -0.514. The zero-order valence-electron chi connectivity index (χ0n) is 15.7. The lowest BCUT2D eigenvalue weighted by Crippen LogP contribution is -2.39. The van der Waals surface area contributed by atoms with Gasteiger partial charge in [0.2, 0.25) is 0 Å². The van der Waals surface area contributed by atoms with Gasteiger partial charge >= 0.3 is 0 Å². The molecule has 1 aliphatic carbocycles. The standard InChI is InChI=1S/C22H27NO3/c1-4-21(26-20-12-10-19(25-3)11-13-20)22(24)23-15(2)17-9-8-16-6-5-7-18(16)14-17/h8-15,21H,4-7H2,1-3H3,(H,23,24)/t15-,21+/m0/s1. The van der Waals surface area contributed by atoms with Crippen molar-refractivity contribution >= 4 is 5.91 Å². The van der Waals surface area contributed by atoms with Gasteiger partial charge in [-0.25, -0.2) is 0 Å². The SMILES string of the molecule is CC[C@@H](Oc1ccc(OC)cc1)C(=O)N[C@@H](C)c1ccc2c(c1)CCC2. The maximum Gasteiger partial charge on any atom is 0.261 e. The highest BCUT2D eigenvalue weighted by molar-refractivity contribution is 5.81. The number of methoxy groups -OCH3 is 1. The van der Waals surface area contributed by atoms with E-state index in [-0.39, 0.29) is 11.9 Å². The van der Waals surface area contributed by atoms with E-state index in [0.717, 1.165) is 17.7 Å². The van der Waals surface area contributed by atoms with E-state index < -0.39 is 6.10 Å². The lowest BCUT2D eigenvalue weighted by molar-refractivity contribution is -0.128. The Morgan fingerprint density at radius 3 is 2.46 bits per heavy atom. The van der Waals surface area contributed by atoms with Crippen molar-refractivity contribution in [1.82, 2.24) is 5.32 Å². The van der Waals surface area contributed by atoms with Crippen LogP contribution in [0, 0.1) is 0 Å². The molecule has 0 unspecified atom stereocenters. The molecule has 4 nitrogen and oxygen atoms in total. The molecule has 26 heavy (non-hydrogen) atoms. The highest BCUT2D eigenvalue weighted by Crippen LogP contribution is 2.25. The molecule has 0 heterocycles. The van der Waals surface area contributed by atoms with Crippen LogP contribution < -0.4 is 14.8 Å². The Morgan fingerprint density at radius 1 is 1.08 bits per heavy atom. The third kappa shape index (κ3) is 4.18. The summed E-state index contributed by atoms with van der Waals surface area (Å²) in [6.07, 6.45) is 3.63. The molecule has 0 fully saturated rings. The summed E-state index contributed by atoms with van der Waals surface area (Å²) in [5.74, 6) is 1.34. The summed E-state index contributed by atoms with van der Waals surface area (Å²) in [6.45, 7) is 3.97. The van der Waals surface area contributed by atoms with E-state index in [1.807, 2.05) is 38.1 Å². The molecule has 0 saturated heterocycles. The second kappa shape index (κ2) is 8.26. The van der Waals surface area contributed by atoms with Gasteiger partial charge in [-0.05, 0) is 73.6 Å². The van der Waals surface area contributed by atoms with Crippen LogP contribution in [-0.4, -0.2) is 19.1 Å². The summed E-state index contributed by atoms with van der Waals surface area (Å²) in [7, 11) is 1.62. The van der Waals surface area contributed by atoms with E-state index in [4.69, 9.17) is 9.47 Å². The molecule has 0 aliphatic heterocycles. The van der Waals surface area contributed by atoms with Crippen LogP contribution in [0.3, 0.4) is 0 Å². The van der Waals surface area contributed by atoms with Crippen LogP contribution in [0.5, 0.6) is 11.5 Å². The fourth-order valence-electron chi connectivity index (χ4n) is 3.39. The second-order valence-corrected chi connectivity index (χ2v) is 6.80. The number of nitrogens with one attached hydrogen (secondary N) is 1. The molecule has 1 amide bonds. The van der Waals surface area contributed by atoms with E-state index in [9.17, 15) is 4.79 Å². The van der Waals surface area contributed by atoms with E-state index >= 15 is 0 Å². The van der Waals surface area contributed by atoms with Crippen molar-refractivity contribution in [2.45, 2.75) is 51.7 Å². The molecule has 1 N–H and O–H groups in total. The molecular weight excluding hydrogens is 326 g/mol. The Kier molecular flexibility index (Phi) is 5.82. The normalized spacial score (nSPS) is 15.0. The van der Waals surface area contributed by atoms with Gasteiger partial charge in [0.15, 0.2) is 6.10 Å². The molecule has 0 bridgehead atoms. The molecule has 2 aromatic carbocycles. The van der Waals surface area contributed by atoms with E-state index in [0.29, 0.717) is 12.2 Å². The number of carbonyl (C=O) groups is 1. The van der Waals surface area contributed by atoms with Crippen LogP contribution >= 0.6 is 0 Å². The van der Waals surface area contributed by atoms with Gasteiger partial charge in [0.1, 0.15) is 11.5 Å². The first-order valence-electron chi connectivity index (χ1n) is 9.33. The molecule has 2 aromatic rings. The zero-order chi connectivity index (χ0) is 18.5. The lowest BCUT2D eigenvalue weighted by atomic mass is 10.0. The highest BCUT2D eigenvalue weighted by atomic mass is 16.5. The first kappa shape index (κ1) is 18.3. The third-order valence-corrected chi connectivity index (χ3v) is 4.98. The van der Waals surface area contributed by atoms with Crippen LogP contribution in [0.15, 0.2) is 42.5 Å². The number of benzene rings is 2. The summed E-state index contributed by atoms with van der Waals surface area (Å²) in [4.78, 5) is 12.7. The summed E-state index contributed by atoms with van der Waals surface area (Å²) < 4.78 is 11.0. The van der Waals surface area contributed by atoms with E-state index in [2.05, 4.69) is 23.5 Å².